The number of unbranched alkanes of at least 4 members (excludes halogenated alkanes) is 19. The first kappa shape index (κ1) is 72.8. The zero-order chi connectivity index (χ0) is 58.1. The molecule has 2 rings (SSSR count). The number of aliphatic hydroxyl groups is 8. The molecule has 2 aliphatic heterocycles. The minimum Gasteiger partial charge on any atom is -0.394 e. The Morgan fingerprint density at radius 2 is 0.875 bits per heavy atom. The highest BCUT2D eigenvalue weighted by Crippen LogP contribution is 2.30. The third-order valence-electron chi connectivity index (χ3n) is 14.4. The maximum absolute atomic E-state index is 13.3. The summed E-state index contributed by atoms with van der Waals surface area (Å²) >= 11 is 0. The van der Waals surface area contributed by atoms with Crippen LogP contribution in [0, 0.1) is 0 Å². The van der Waals surface area contributed by atoms with Gasteiger partial charge in [0.05, 0.1) is 32.0 Å². The molecule has 458 valence electrons. The van der Waals surface area contributed by atoms with Gasteiger partial charge < -0.3 is 65.1 Å². The number of carbonyl (C=O) groups is 1. The molecule has 2 heterocycles. The lowest BCUT2D eigenvalue weighted by atomic mass is 9.97. The first-order valence-corrected chi connectivity index (χ1v) is 31.1. The van der Waals surface area contributed by atoms with Crippen LogP contribution in [0.15, 0.2) is 109 Å². The van der Waals surface area contributed by atoms with E-state index in [0.29, 0.717) is 12.8 Å². The fourth-order valence-corrected chi connectivity index (χ4v) is 9.46. The molecule has 2 saturated heterocycles. The number of hydrogen-bond donors (Lipinski definition) is 9. The van der Waals surface area contributed by atoms with Crippen molar-refractivity contribution >= 4 is 5.91 Å². The molecule has 0 radical (unpaired) electrons. The van der Waals surface area contributed by atoms with E-state index in [4.69, 9.17) is 18.9 Å². The highest BCUT2D eigenvalue weighted by molar-refractivity contribution is 5.76. The molecule has 0 aliphatic carbocycles. The number of rotatable bonds is 48. The monoisotopic (exact) mass is 1130 g/mol. The van der Waals surface area contributed by atoms with Gasteiger partial charge in [-0.3, -0.25) is 4.79 Å². The zero-order valence-corrected chi connectivity index (χ0v) is 49.3. The van der Waals surface area contributed by atoms with Gasteiger partial charge in [0.1, 0.15) is 48.8 Å². The van der Waals surface area contributed by atoms with Gasteiger partial charge in [0, 0.05) is 6.42 Å². The molecule has 0 aromatic heterocycles. The van der Waals surface area contributed by atoms with E-state index in [1.165, 1.54) is 89.9 Å². The number of aliphatic hydroxyl groups excluding tert-OH is 8. The maximum Gasteiger partial charge on any atom is 0.220 e. The van der Waals surface area contributed by atoms with Crippen molar-refractivity contribution in [3.63, 3.8) is 0 Å². The fraction of sp³-hybridized carbons (Fsp3) is 0.712. The highest BCUT2D eigenvalue weighted by Gasteiger charge is 2.51. The molecular formula is C66H111NO13. The van der Waals surface area contributed by atoms with Gasteiger partial charge in [0.2, 0.25) is 5.91 Å². The Bertz CT molecular complexity index is 1760. The summed E-state index contributed by atoms with van der Waals surface area (Å²) in [5, 5.41) is 87.0. The van der Waals surface area contributed by atoms with E-state index in [-0.39, 0.29) is 18.9 Å². The molecule has 80 heavy (non-hydrogen) atoms. The van der Waals surface area contributed by atoms with Gasteiger partial charge in [-0.2, -0.15) is 0 Å². The lowest BCUT2D eigenvalue weighted by Gasteiger charge is -2.46. The topological polar surface area (TPSA) is 228 Å². The van der Waals surface area contributed by atoms with Crippen LogP contribution < -0.4 is 5.32 Å². The summed E-state index contributed by atoms with van der Waals surface area (Å²) in [7, 11) is 0. The molecule has 2 aliphatic rings. The second-order valence-corrected chi connectivity index (χ2v) is 21.4. The smallest absolute Gasteiger partial charge is 0.220 e. The summed E-state index contributed by atoms with van der Waals surface area (Å²) in [6.45, 7) is 2.63. The maximum atomic E-state index is 13.3. The molecule has 0 aromatic rings. The number of carbonyl (C=O) groups excluding carboxylic acids is 1. The summed E-state index contributed by atoms with van der Waals surface area (Å²) < 4.78 is 22.7. The van der Waals surface area contributed by atoms with Crippen molar-refractivity contribution in [2.75, 3.05) is 19.8 Å². The fourth-order valence-electron chi connectivity index (χ4n) is 9.46. The molecule has 12 atom stereocenters. The largest absolute Gasteiger partial charge is 0.394 e. The standard InChI is InChI=1S/C66H111NO13/c1-3-5-7-9-11-13-15-17-18-19-20-21-22-23-24-25-26-27-28-29-30-31-32-33-34-35-36-38-40-42-44-46-48-50-58(71)67-54(55(70)49-47-45-43-41-39-37-16-14-12-10-8-6-4-2)53-77-65-63(76)61(74)64(57(52-69)79-65)80-66-62(75)60(73)59(72)56(51-68)78-66/h5,7,11,13,17-18,20-21,23-24,26-27,29-30,39,41,47,49,54-57,59-66,68-70,72-76H,3-4,6,8-10,12,14-16,19,22,25,28,31-38,40,42-46,48,50-53H2,1-2H3,(H,67,71)/b7-5-,13-11-,18-17-,21-20-,24-23-,27-26-,30-29-,41-39+,49-47+. The van der Waals surface area contributed by atoms with Crippen molar-refractivity contribution in [1.29, 1.82) is 0 Å². The van der Waals surface area contributed by atoms with Gasteiger partial charge >= 0.3 is 0 Å². The minimum atomic E-state index is -1.80. The van der Waals surface area contributed by atoms with Gasteiger partial charge in [0.15, 0.2) is 12.6 Å². The Morgan fingerprint density at radius 1 is 0.463 bits per heavy atom. The van der Waals surface area contributed by atoms with E-state index in [2.05, 4.69) is 116 Å². The number of nitrogens with one attached hydrogen (secondary N) is 1. The van der Waals surface area contributed by atoms with Crippen molar-refractivity contribution in [2.45, 2.75) is 280 Å². The molecule has 2 fully saturated rings. The predicted octanol–water partition coefficient (Wildman–Crippen LogP) is 11.2. The average Bonchev–Trinajstić information content (AvgIpc) is 3.49. The molecule has 0 aromatic carbocycles. The van der Waals surface area contributed by atoms with E-state index >= 15 is 0 Å². The summed E-state index contributed by atoms with van der Waals surface area (Å²) in [6, 6.07) is -0.939. The van der Waals surface area contributed by atoms with Crippen LogP contribution in [-0.4, -0.2) is 140 Å². The van der Waals surface area contributed by atoms with E-state index in [1.54, 1.807) is 6.08 Å². The lowest BCUT2D eigenvalue weighted by Crippen LogP contribution is -2.65. The Morgan fingerprint density at radius 3 is 1.38 bits per heavy atom. The number of hydrogen-bond acceptors (Lipinski definition) is 13. The quantitative estimate of drug-likeness (QED) is 0.0204. The van der Waals surface area contributed by atoms with Gasteiger partial charge in [-0.25, -0.2) is 0 Å². The SMILES string of the molecule is CC/C=C\C/C=C\C/C=C\C/C=C\C/C=C\C/C=C\C/C=C\CCCCCCCCCCCCCC(=O)NC(COC1OC(CO)C(OC2OC(CO)C(O)C(O)C2O)C(O)C1O)C(O)/C=C/CC/C=C/CCCCCCCCC. The molecule has 1 amide bonds. The molecule has 12 unspecified atom stereocenters. The first-order chi connectivity index (χ1) is 39.1. The number of amides is 1. The van der Waals surface area contributed by atoms with Crippen LogP contribution in [0.2, 0.25) is 0 Å². The van der Waals surface area contributed by atoms with Crippen molar-refractivity contribution < 1.29 is 64.6 Å². The summed E-state index contributed by atoms with van der Waals surface area (Å²) in [4.78, 5) is 13.3. The summed E-state index contributed by atoms with van der Waals surface area (Å²) in [6.07, 6.45) is 54.2. The highest BCUT2D eigenvalue weighted by atomic mass is 16.7. The Balaban J connectivity index is 1.68. The second-order valence-electron chi connectivity index (χ2n) is 21.4. The van der Waals surface area contributed by atoms with Crippen LogP contribution in [0.5, 0.6) is 0 Å². The van der Waals surface area contributed by atoms with E-state index < -0.39 is 86.8 Å². The Hall–Kier alpha value is -3.35. The van der Waals surface area contributed by atoms with Gasteiger partial charge in [-0.05, 0) is 89.9 Å². The first-order valence-electron chi connectivity index (χ1n) is 31.1. The van der Waals surface area contributed by atoms with Gasteiger partial charge in [0.25, 0.3) is 0 Å². The van der Waals surface area contributed by atoms with Crippen molar-refractivity contribution in [3.8, 4) is 0 Å². The molecule has 14 nitrogen and oxygen atoms in total. The molecular weight excluding hydrogens is 1010 g/mol. The van der Waals surface area contributed by atoms with Crippen molar-refractivity contribution in [3.05, 3.63) is 109 Å². The molecule has 9 N–H and O–H groups in total. The summed E-state index contributed by atoms with van der Waals surface area (Å²) in [5.74, 6) is -0.258. The van der Waals surface area contributed by atoms with Crippen molar-refractivity contribution in [1.82, 2.24) is 5.32 Å². The van der Waals surface area contributed by atoms with Crippen molar-refractivity contribution in [2.24, 2.45) is 0 Å². The third kappa shape index (κ3) is 34.9. The molecule has 0 spiro atoms. The Kier molecular flexibility index (Phi) is 45.6. The average molecular weight is 1130 g/mol. The summed E-state index contributed by atoms with van der Waals surface area (Å²) in [5.41, 5.74) is 0. The third-order valence-corrected chi connectivity index (χ3v) is 14.4. The van der Waals surface area contributed by atoms with E-state index in [0.717, 1.165) is 83.5 Å². The van der Waals surface area contributed by atoms with Crippen LogP contribution in [0.1, 0.15) is 206 Å². The van der Waals surface area contributed by atoms with E-state index in [9.17, 15) is 45.6 Å². The van der Waals surface area contributed by atoms with Gasteiger partial charge in [-0.1, -0.05) is 220 Å². The van der Waals surface area contributed by atoms with E-state index in [1.807, 2.05) is 6.08 Å². The number of ether oxygens (including phenoxy) is 4. The van der Waals surface area contributed by atoms with Crippen LogP contribution >= 0.6 is 0 Å². The zero-order valence-electron chi connectivity index (χ0n) is 49.3. The van der Waals surface area contributed by atoms with Crippen LogP contribution in [0.3, 0.4) is 0 Å². The molecule has 0 saturated carbocycles. The second kappa shape index (κ2) is 50.2. The van der Waals surface area contributed by atoms with Crippen LogP contribution in [0.4, 0.5) is 0 Å². The number of allylic oxidation sites excluding steroid dienone is 17. The lowest BCUT2D eigenvalue weighted by molar-refractivity contribution is -0.359. The molecule has 0 bridgehead atoms. The Labute approximate surface area is 483 Å². The van der Waals surface area contributed by atoms with Crippen LogP contribution in [0.25, 0.3) is 0 Å². The minimum absolute atomic E-state index is 0.258. The normalized spacial score (nSPS) is 25.0. The molecule has 14 heteroatoms. The van der Waals surface area contributed by atoms with Gasteiger partial charge in [-0.15, -0.1) is 0 Å². The van der Waals surface area contributed by atoms with Crippen LogP contribution in [-0.2, 0) is 23.7 Å². The predicted molar refractivity (Wildman–Crippen MR) is 322 cm³/mol.